The number of carbonyl (C=O) groups excluding carboxylic acids is 1. The molecular formula is C22H37IN4O2. The Morgan fingerprint density at radius 1 is 1.21 bits per heavy atom. The number of carbonyl (C=O) groups is 1. The molecule has 0 aliphatic carbocycles. The number of aliphatic imine (C=N–C) groups is 1. The van der Waals surface area contributed by atoms with Crippen LogP contribution < -0.4 is 15.5 Å². The highest BCUT2D eigenvalue weighted by Crippen LogP contribution is 2.21. The van der Waals surface area contributed by atoms with Gasteiger partial charge in [-0.05, 0) is 49.8 Å². The van der Waals surface area contributed by atoms with E-state index in [0.29, 0.717) is 18.9 Å². The fourth-order valence-electron chi connectivity index (χ4n) is 3.44. The summed E-state index contributed by atoms with van der Waals surface area (Å²) in [5.74, 6) is 1.52. The van der Waals surface area contributed by atoms with Crippen LogP contribution in [0.5, 0.6) is 0 Å². The molecule has 0 bridgehead atoms. The SMILES string of the molecule is CCOC(CCNC(=NC)NCc1ccc(N2CCCCC2=O)cc1)C(C)C.I. The maximum atomic E-state index is 12.0. The second-order valence-electron chi connectivity index (χ2n) is 7.55. The van der Waals surface area contributed by atoms with Gasteiger partial charge in [0, 0.05) is 45.4 Å². The van der Waals surface area contributed by atoms with Crippen LogP contribution in [0.15, 0.2) is 29.3 Å². The highest BCUT2D eigenvalue weighted by atomic mass is 127. The molecule has 0 spiro atoms. The number of nitrogens with zero attached hydrogens (tertiary/aromatic N) is 2. The average Bonchev–Trinajstić information content (AvgIpc) is 2.70. The molecule has 6 nitrogen and oxygen atoms in total. The lowest BCUT2D eigenvalue weighted by Gasteiger charge is -2.27. The summed E-state index contributed by atoms with van der Waals surface area (Å²) in [4.78, 5) is 18.2. The third-order valence-corrected chi connectivity index (χ3v) is 5.10. The van der Waals surface area contributed by atoms with Crippen LogP contribution in [0.4, 0.5) is 5.69 Å². The van der Waals surface area contributed by atoms with Gasteiger partial charge in [0.25, 0.3) is 0 Å². The topological polar surface area (TPSA) is 66.0 Å². The van der Waals surface area contributed by atoms with Gasteiger partial charge in [-0.25, -0.2) is 0 Å². The number of amides is 1. The number of benzene rings is 1. The van der Waals surface area contributed by atoms with Crippen LogP contribution in [-0.2, 0) is 16.1 Å². The Balaban J connectivity index is 0.00000420. The van der Waals surface area contributed by atoms with E-state index in [1.807, 2.05) is 24.0 Å². The third kappa shape index (κ3) is 8.50. The minimum atomic E-state index is 0. The van der Waals surface area contributed by atoms with E-state index >= 15 is 0 Å². The maximum absolute atomic E-state index is 12.0. The van der Waals surface area contributed by atoms with Gasteiger partial charge in [0.1, 0.15) is 0 Å². The molecule has 164 valence electrons. The van der Waals surface area contributed by atoms with Crippen LogP contribution >= 0.6 is 24.0 Å². The molecule has 1 aliphatic heterocycles. The Bertz CT molecular complexity index is 634. The number of ether oxygens (including phenoxy) is 1. The molecule has 29 heavy (non-hydrogen) atoms. The molecule has 1 unspecified atom stereocenters. The van der Waals surface area contributed by atoms with Gasteiger partial charge in [0.05, 0.1) is 6.10 Å². The van der Waals surface area contributed by atoms with Crippen molar-refractivity contribution in [3.63, 3.8) is 0 Å². The lowest BCUT2D eigenvalue weighted by Crippen LogP contribution is -2.39. The number of guanidine groups is 1. The monoisotopic (exact) mass is 516 g/mol. The van der Waals surface area contributed by atoms with E-state index in [2.05, 4.69) is 41.6 Å². The average molecular weight is 516 g/mol. The minimum absolute atomic E-state index is 0. The molecule has 1 fully saturated rings. The highest BCUT2D eigenvalue weighted by Gasteiger charge is 2.19. The molecular weight excluding hydrogens is 479 g/mol. The van der Waals surface area contributed by atoms with Crippen molar-refractivity contribution in [3.8, 4) is 0 Å². The van der Waals surface area contributed by atoms with Crippen LogP contribution in [0.1, 0.15) is 52.0 Å². The second-order valence-corrected chi connectivity index (χ2v) is 7.55. The molecule has 1 aliphatic rings. The zero-order valence-corrected chi connectivity index (χ0v) is 20.6. The first-order chi connectivity index (χ1) is 13.5. The summed E-state index contributed by atoms with van der Waals surface area (Å²) in [7, 11) is 1.78. The Labute approximate surface area is 192 Å². The van der Waals surface area contributed by atoms with Crippen LogP contribution in [0.2, 0.25) is 0 Å². The Kier molecular flexibility index (Phi) is 12.2. The van der Waals surface area contributed by atoms with Gasteiger partial charge >= 0.3 is 0 Å². The number of halogens is 1. The predicted molar refractivity (Wildman–Crippen MR) is 131 cm³/mol. The zero-order valence-electron chi connectivity index (χ0n) is 18.2. The zero-order chi connectivity index (χ0) is 20.4. The molecule has 2 N–H and O–H groups in total. The molecule has 1 amide bonds. The smallest absolute Gasteiger partial charge is 0.226 e. The van der Waals surface area contributed by atoms with Gasteiger partial charge < -0.3 is 20.3 Å². The fraction of sp³-hybridized carbons (Fsp3) is 0.636. The van der Waals surface area contributed by atoms with Crippen molar-refractivity contribution in [2.45, 2.75) is 59.1 Å². The predicted octanol–water partition coefficient (Wildman–Crippen LogP) is 3.94. The molecule has 0 saturated carbocycles. The highest BCUT2D eigenvalue weighted by molar-refractivity contribution is 14.0. The number of rotatable bonds is 9. The first-order valence-corrected chi connectivity index (χ1v) is 10.5. The van der Waals surface area contributed by atoms with Gasteiger partial charge in [-0.2, -0.15) is 0 Å². The summed E-state index contributed by atoms with van der Waals surface area (Å²) in [5.41, 5.74) is 2.15. The van der Waals surface area contributed by atoms with Gasteiger partial charge in [-0.1, -0.05) is 26.0 Å². The van der Waals surface area contributed by atoms with E-state index in [1.165, 1.54) is 0 Å². The molecule has 0 aromatic heterocycles. The lowest BCUT2D eigenvalue weighted by atomic mass is 10.0. The summed E-state index contributed by atoms with van der Waals surface area (Å²) >= 11 is 0. The Morgan fingerprint density at radius 3 is 2.52 bits per heavy atom. The van der Waals surface area contributed by atoms with Gasteiger partial charge in [-0.3, -0.25) is 9.79 Å². The Hall–Kier alpha value is -1.35. The number of piperidine rings is 1. The van der Waals surface area contributed by atoms with Crippen molar-refractivity contribution in [3.05, 3.63) is 29.8 Å². The fourth-order valence-corrected chi connectivity index (χ4v) is 3.44. The maximum Gasteiger partial charge on any atom is 0.226 e. The van der Waals surface area contributed by atoms with Crippen molar-refractivity contribution < 1.29 is 9.53 Å². The normalized spacial score (nSPS) is 15.8. The van der Waals surface area contributed by atoms with Crippen molar-refractivity contribution in [2.24, 2.45) is 10.9 Å². The largest absolute Gasteiger partial charge is 0.378 e. The standard InChI is InChI=1S/C22H36N4O2.HI/c1-5-28-20(17(2)3)13-14-24-22(23-4)25-16-18-9-11-19(12-10-18)26-15-7-6-8-21(26)27;/h9-12,17,20H,5-8,13-16H2,1-4H3,(H2,23,24,25);1H. The van der Waals surface area contributed by atoms with Crippen LogP contribution in [0, 0.1) is 5.92 Å². The number of nitrogens with one attached hydrogen (secondary N) is 2. The van der Waals surface area contributed by atoms with Gasteiger partial charge in [0.2, 0.25) is 5.91 Å². The summed E-state index contributed by atoms with van der Waals surface area (Å²) in [6.07, 6.45) is 3.96. The number of hydrogen-bond acceptors (Lipinski definition) is 3. The van der Waals surface area contributed by atoms with Crippen LogP contribution in [0.25, 0.3) is 0 Å². The van der Waals surface area contributed by atoms with Crippen LogP contribution in [0.3, 0.4) is 0 Å². The Morgan fingerprint density at radius 2 is 1.93 bits per heavy atom. The van der Waals surface area contributed by atoms with Crippen molar-refractivity contribution in [1.82, 2.24) is 10.6 Å². The molecule has 1 aromatic carbocycles. The minimum Gasteiger partial charge on any atom is -0.378 e. The summed E-state index contributed by atoms with van der Waals surface area (Å²) in [6.45, 7) is 9.49. The van der Waals surface area contributed by atoms with Gasteiger partial charge in [-0.15, -0.1) is 24.0 Å². The van der Waals surface area contributed by atoms with E-state index in [0.717, 1.165) is 56.2 Å². The van der Waals surface area contributed by atoms with Crippen molar-refractivity contribution in [2.75, 3.05) is 31.6 Å². The van der Waals surface area contributed by atoms with Crippen molar-refractivity contribution in [1.29, 1.82) is 0 Å². The molecule has 0 radical (unpaired) electrons. The van der Waals surface area contributed by atoms with Crippen LogP contribution in [-0.4, -0.2) is 44.7 Å². The second kappa shape index (κ2) is 13.8. The number of hydrogen-bond donors (Lipinski definition) is 2. The van der Waals surface area contributed by atoms with Gasteiger partial charge in [0.15, 0.2) is 5.96 Å². The van der Waals surface area contributed by atoms with Crippen molar-refractivity contribution >= 4 is 41.5 Å². The van der Waals surface area contributed by atoms with E-state index in [1.54, 1.807) is 7.05 Å². The van der Waals surface area contributed by atoms with E-state index in [9.17, 15) is 4.79 Å². The molecule has 1 aromatic rings. The van der Waals surface area contributed by atoms with E-state index in [4.69, 9.17) is 4.74 Å². The molecule has 1 heterocycles. The number of anilines is 1. The van der Waals surface area contributed by atoms with E-state index in [-0.39, 0.29) is 36.0 Å². The first-order valence-electron chi connectivity index (χ1n) is 10.5. The summed E-state index contributed by atoms with van der Waals surface area (Å²) in [6, 6.07) is 8.21. The molecule has 1 saturated heterocycles. The third-order valence-electron chi connectivity index (χ3n) is 5.10. The van der Waals surface area contributed by atoms with E-state index < -0.39 is 0 Å². The molecule has 2 rings (SSSR count). The molecule has 7 heteroatoms. The summed E-state index contributed by atoms with van der Waals surface area (Å²) in [5, 5.41) is 6.70. The quantitative estimate of drug-likeness (QED) is 0.297. The molecule has 1 atom stereocenters. The lowest BCUT2D eigenvalue weighted by molar-refractivity contribution is -0.119. The summed E-state index contributed by atoms with van der Waals surface area (Å²) < 4.78 is 5.79. The first kappa shape index (κ1) is 25.7.